The molecule has 1 aromatic carbocycles. The number of benzene rings is 1. The number of carbonyl (C=O) groups is 1. The third-order valence-corrected chi connectivity index (χ3v) is 4.39. The summed E-state index contributed by atoms with van der Waals surface area (Å²) in [6.45, 7) is 4.03. The average molecular weight is 372 g/mol. The van der Waals surface area contributed by atoms with Crippen molar-refractivity contribution >= 4 is 33.2 Å². The van der Waals surface area contributed by atoms with Crippen molar-refractivity contribution in [1.29, 1.82) is 0 Å². The number of carboxylic acids is 1. The standard InChI is InChI=1S/C14H14BrNO4S/c1-4-20-11-9(5-8(15)6-10(11)19-3)13-16-7(2)12(21-13)14(17)18/h5-6H,4H2,1-3H3,(H,17,18). The fourth-order valence-corrected chi connectivity index (χ4v) is 3.24. The highest BCUT2D eigenvalue weighted by molar-refractivity contribution is 9.10. The topological polar surface area (TPSA) is 68.7 Å². The third kappa shape index (κ3) is 3.19. The van der Waals surface area contributed by atoms with E-state index in [1.54, 1.807) is 20.1 Å². The number of halogens is 1. The molecular weight excluding hydrogens is 358 g/mol. The first-order valence-electron chi connectivity index (χ1n) is 6.19. The summed E-state index contributed by atoms with van der Waals surface area (Å²) in [6.07, 6.45) is 0. The largest absolute Gasteiger partial charge is 0.493 e. The van der Waals surface area contributed by atoms with Crippen molar-refractivity contribution in [3.05, 3.63) is 27.2 Å². The van der Waals surface area contributed by atoms with Gasteiger partial charge in [0.15, 0.2) is 11.5 Å². The Morgan fingerprint density at radius 1 is 1.48 bits per heavy atom. The number of methoxy groups -OCH3 is 1. The van der Waals surface area contributed by atoms with Gasteiger partial charge in [-0.15, -0.1) is 11.3 Å². The second kappa shape index (κ2) is 6.44. The van der Waals surface area contributed by atoms with Crippen molar-refractivity contribution in [3.8, 4) is 22.1 Å². The van der Waals surface area contributed by atoms with Gasteiger partial charge in [0.2, 0.25) is 0 Å². The lowest BCUT2D eigenvalue weighted by Gasteiger charge is -2.13. The van der Waals surface area contributed by atoms with Crippen LogP contribution in [0.5, 0.6) is 11.5 Å². The van der Waals surface area contributed by atoms with Gasteiger partial charge in [-0.1, -0.05) is 15.9 Å². The van der Waals surface area contributed by atoms with E-state index < -0.39 is 5.97 Å². The van der Waals surface area contributed by atoms with Crippen LogP contribution in [-0.2, 0) is 0 Å². The highest BCUT2D eigenvalue weighted by Crippen LogP contribution is 2.42. The maximum absolute atomic E-state index is 11.2. The summed E-state index contributed by atoms with van der Waals surface area (Å²) in [5.74, 6) is 0.163. The summed E-state index contributed by atoms with van der Waals surface area (Å²) in [7, 11) is 1.56. The third-order valence-electron chi connectivity index (χ3n) is 2.75. The van der Waals surface area contributed by atoms with E-state index in [9.17, 15) is 4.79 Å². The molecular formula is C14H14BrNO4S. The normalized spacial score (nSPS) is 10.5. The van der Waals surface area contributed by atoms with E-state index in [1.807, 2.05) is 13.0 Å². The van der Waals surface area contributed by atoms with E-state index in [4.69, 9.17) is 14.6 Å². The number of hydrogen-bond donors (Lipinski definition) is 1. The lowest BCUT2D eigenvalue weighted by atomic mass is 10.2. The zero-order valence-corrected chi connectivity index (χ0v) is 14.2. The van der Waals surface area contributed by atoms with E-state index in [0.717, 1.165) is 15.8 Å². The highest BCUT2D eigenvalue weighted by Gasteiger charge is 2.20. The van der Waals surface area contributed by atoms with Gasteiger partial charge in [-0.2, -0.15) is 0 Å². The van der Waals surface area contributed by atoms with Crippen LogP contribution < -0.4 is 9.47 Å². The molecule has 0 aliphatic heterocycles. The second-order valence-electron chi connectivity index (χ2n) is 4.16. The molecule has 0 amide bonds. The lowest BCUT2D eigenvalue weighted by Crippen LogP contribution is -1.98. The van der Waals surface area contributed by atoms with Gasteiger partial charge in [0.1, 0.15) is 9.88 Å². The van der Waals surface area contributed by atoms with Crippen molar-refractivity contribution in [1.82, 2.24) is 4.98 Å². The van der Waals surface area contributed by atoms with Crippen LogP contribution in [0.4, 0.5) is 0 Å². The fourth-order valence-electron chi connectivity index (χ4n) is 1.88. The van der Waals surface area contributed by atoms with Gasteiger partial charge in [-0.3, -0.25) is 0 Å². The summed E-state index contributed by atoms with van der Waals surface area (Å²) < 4.78 is 11.8. The minimum atomic E-state index is -0.976. The fraction of sp³-hybridized carbons (Fsp3) is 0.286. The zero-order valence-electron chi connectivity index (χ0n) is 11.8. The van der Waals surface area contributed by atoms with Crippen molar-refractivity contribution in [2.75, 3.05) is 13.7 Å². The van der Waals surface area contributed by atoms with Gasteiger partial charge in [0.25, 0.3) is 0 Å². The number of hydrogen-bond acceptors (Lipinski definition) is 5. The van der Waals surface area contributed by atoms with E-state index in [0.29, 0.717) is 34.4 Å². The smallest absolute Gasteiger partial charge is 0.347 e. The summed E-state index contributed by atoms with van der Waals surface area (Å²) in [5, 5.41) is 9.75. The Hall–Kier alpha value is -1.60. The molecule has 0 fully saturated rings. The Balaban J connectivity index is 2.64. The number of aromatic nitrogens is 1. The van der Waals surface area contributed by atoms with E-state index in [1.165, 1.54) is 0 Å². The molecule has 21 heavy (non-hydrogen) atoms. The molecule has 0 aliphatic carbocycles. The van der Waals surface area contributed by atoms with Crippen LogP contribution in [0.3, 0.4) is 0 Å². The SMILES string of the molecule is CCOc1c(OC)cc(Br)cc1-c1nc(C)c(C(=O)O)s1. The molecule has 0 atom stereocenters. The van der Waals surface area contributed by atoms with Crippen LogP contribution in [0, 0.1) is 6.92 Å². The van der Waals surface area contributed by atoms with Crippen molar-refractivity contribution in [2.24, 2.45) is 0 Å². The van der Waals surface area contributed by atoms with Gasteiger partial charge in [0, 0.05) is 4.47 Å². The van der Waals surface area contributed by atoms with Crippen molar-refractivity contribution in [3.63, 3.8) is 0 Å². The number of aromatic carboxylic acids is 1. The zero-order chi connectivity index (χ0) is 15.6. The average Bonchev–Trinajstić information content (AvgIpc) is 2.82. The van der Waals surface area contributed by atoms with Crippen LogP contribution in [-0.4, -0.2) is 29.8 Å². The Morgan fingerprint density at radius 3 is 2.71 bits per heavy atom. The monoisotopic (exact) mass is 371 g/mol. The maximum atomic E-state index is 11.2. The van der Waals surface area contributed by atoms with Gasteiger partial charge in [-0.25, -0.2) is 9.78 Å². The number of aryl methyl sites for hydroxylation is 1. The minimum absolute atomic E-state index is 0.228. The molecule has 0 unspecified atom stereocenters. The Bertz CT molecular complexity index is 684. The molecule has 0 saturated heterocycles. The van der Waals surface area contributed by atoms with Gasteiger partial charge < -0.3 is 14.6 Å². The predicted molar refractivity (Wildman–Crippen MR) is 84.7 cm³/mol. The van der Waals surface area contributed by atoms with Gasteiger partial charge in [0.05, 0.1) is 25.0 Å². The molecule has 1 N–H and O–H groups in total. The van der Waals surface area contributed by atoms with Crippen LogP contribution in [0.25, 0.3) is 10.6 Å². The summed E-state index contributed by atoms with van der Waals surface area (Å²) in [6, 6.07) is 3.64. The summed E-state index contributed by atoms with van der Waals surface area (Å²) in [5.41, 5.74) is 1.20. The molecule has 2 rings (SSSR count). The highest BCUT2D eigenvalue weighted by atomic mass is 79.9. The van der Waals surface area contributed by atoms with Crippen molar-refractivity contribution < 1.29 is 19.4 Å². The maximum Gasteiger partial charge on any atom is 0.347 e. The van der Waals surface area contributed by atoms with E-state index >= 15 is 0 Å². The van der Waals surface area contributed by atoms with Gasteiger partial charge in [-0.05, 0) is 26.0 Å². The van der Waals surface area contributed by atoms with Crippen LogP contribution >= 0.6 is 27.3 Å². The molecule has 0 bridgehead atoms. The minimum Gasteiger partial charge on any atom is -0.493 e. The number of carboxylic acid groups (broad SMARTS) is 1. The first kappa shape index (κ1) is 15.8. The van der Waals surface area contributed by atoms with Crippen molar-refractivity contribution in [2.45, 2.75) is 13.8 Å². The lowest BCUT2D eigenvalue weighted by molar-refractivity contribution is 0.0701. The number of rotatable bonds is 5. The molecule has 0 radical (unpaired) electrons. The molecule has 112 valence electrons. The number of thiazole rings is 1. The molecule has 0 aliphatic rings. The predicted octanol–water partition coefficient (Wildman–Crippen LogP) is 3.99. The Labute approximate surface area is 134 Å². The molecule has 5 nitrogen and oxygen atoms in total. The van der Waals surface area contributed by atoms with Crippen LogP contribution in [0.1, 0.15) is 22.3 Å². The quantitative estimate of drug-likeness (QED) is 0.860. The first-order chi connectivity index (χ1) is 9.97. The Morgan fingerprint density at radius 2 is 2.19 bits per heavy atom. The van der Waals surface area contributed by atoms with Crippen LogP contribution in [0.15, 0.2) is 16.6 Å². The summed E-state index contributed by atoms with van der Waals surface area (Å²) in [4.78, 5) is 15.7. The molecule has 1 heterocycles. The number of nitrogens with zero attached hydrogens (tertiary/aromatic N) is 1. The van der Waals surface area contributed by atoms with Crippen LogP contribution in [0.2, 0.25) is 0 Å². The second-order valence-corrected chi connectivity index (χ2v) is 6.07. The number of ether oxygens (including phenoxy) is 2. The molecule has 0 spiro atoms. The molecule has 2 aromatic rings. The van der Waals surface area contributed by atoms with Gasteiger partial charge >= 0.3 is 5.97 Å². The molecule has 1 aromatic heterocycles. The van der Waals surface area contributed by atoms with E-state index in [2.05, 4.69) is 20.9 Å². The van der Waals surface area contributed by atoms with E-state index in [-0.39, 0.29) is 4.88 Å². The molecule has 7 heteroatoms. The Kier molecular flexibility index (Phi) is 4.84. The molecule has 0 saturated carbocycles. The summed E-state index contributed by atoms with van der Waals surface area (Å²) >= 11 is 4.54. The first-order valence-corrected chi connectivity index (χ1v) is 7.80.